The van der Waals surface area contributed by atoms with Gasteiger partial charge >= 0.3 is 0 Å². The fourth-order valence-corrected chi connectivity index (χ4v) is 6.52. The van der Waals surface area contributed by atoms with Crippen molar-refractivity contribution in [2.45, 2.75) is 0 Å². The normalized spacial score (nSPS) is 14.7. The van der Waals surface area contributed by atoms with Gasteiger partial charge in [0, 0.05) is 21.9 Å². The zero-order valence-electron chi connectivity index (χ0n) is 31.7. The van der Waals surface area contributed by atoms with Crippen LogP contribution >= 0.6 is 0 Å². The smallest absolute Gasteiger partial charge is 0.143 e. The molecule has 43 heavy (non-hydrogen) atoms. The fourth-order valence-electron chi connectivity index (χ4n) is 6.52. The maximum Gasteiger partial charge on any atom is 0.143 e. The lowest BCUT2D eigenvalue weighted by Crippen LogP contribution is -1.92. The first kappa shape index (κ1) is 16.7. The molecule has 0 radical (unpaired) electrons. The Morgan fingerprint density at radius 2 is 0.977 bits per heavy atom. The van der Waals surface area contributed by atoms with Crippen LogP contribution in [-0.4, -0.2) is 0 Å². The molecule has 0 aliphatic rings. The average molecular weight is 556 g/mol. The molecule has 0 unspecified atom stereocenters. The molecule has 200 valence electrons. The standard InChI is InChI=1S/C42H26O/c1-2-13-27(14-3-1)29-16-6-7-18-31(29)39-32-19-8-10-21-34(32)40(35-22-11-9-20-33(35)39)36-23-12-24-37-41-30-17-5-4-15-28(30)25-26-38(41)43-42(36)37/h1-26H/i1D,2D,3D,6D,7D,13D,14D,16D,18D. The van der Waals surface area contributed by atoms with Crippen molar-refractivity contribution in [3.63, 3.8) is 0 Å². The van der Waals surface area contributed by atoms with Gasteiger partial charge in [0.25, 0.3) is 0 Å². The highest BCUT2D eigenvalue weighted by Gasteiger charge is 2.21. The Morgan fingerprint density at radius 1 is 0.419 bits per heavy atom. The minimum absolute atomic E-state index is 0.0527. The Bertz CT molecular complexity index is 2930. The van der Waals surface area contributed by atoms with E-state index in [9.17, 15) is 1.37 Å². The second-order valence-corrected chi connectivity index (χ2v) is 10.5. The van der Waals surface area contributed by atoms with Crippen LogP contribution in [0.2, 0.25) is 0 Å². The first-order chi connectivity index (χ1) is 25.1. The van der Waals surface area contributed by atoms with E-state index in [1.807, 2.05) is 84.9 Å². The highest BCUT2D eigenvalue weighted by Crippen LogP contribution is 2.48. The molecule has 1 heteroatoms. The first-order valence-corrected chi connectivity index (χ1v) is 14.0. The van der Waals surface area contributed by atoms with Crippen molar-refractivity contribution in [2.75, 3.05) is 0 Å². The van der Waals surface area contributed by atoms with Gasteiger partial charge in [-0.3, -0.25) is 0 Å². The molecule has 9 aromatic rings. The molecular formula is C42H26O. The third-order valence-electron chi connectivity index (χ3n) is 8.28. The Morgan fingerprint density at radius 3 is 1.67 bits per heavy atom. The quantitative estimate of drug-likeness (QED) is 0.198. The van der Waals surface area contributed by atoms with Gasteiger partial charge < -0.3 is 4.42 Å². The van der Waals surface area contributed by atoms with Crippen LogP contribution in [0.1, 0.15) is 12.3 Å². The molecule has 0 N–H and O–H groups in total. The lowest BCUT2D eigenvalue weighted by atomic mass is 9.83. The van der Waals surface area contributed by atoms with E-state index < -0.39 is 48.3 Å². The van der Waals surface area contributed by atoms with Gasteiger partial charge in [-0.2, -0.15) is 0 Å². The minimum Gasteiger partial charge on any atom is -0.455 e. The zero-order valence-corrected chi connectivity index (χ0v) is 22.7. The van der Waals surface area contributed by atoms with Gasteiger partial charge in [0.2, 0.25) is 0 Å². The molecule has 1 heterocycles. The molecule has 0 saturated carbocycles. The molecule has 0 saturated heterocycles. The number of hydrogen-bond acceptors (Lipinski definition) is 1. The number of benzene rings is 8. The molecule has 0 aliphatic heterocycles. The van der Waals surface area contributed by atoms with Crippen LogP contribution in [0.15, 0.2) is 162 Å². The molecule has 0 fully saturated rings. The largest absolute Gasteiger partial charge is 0.455 e. The molecule has 0 amide bonds. The van der Waals surface area contributed by atoms with E-state index in [0.29, 0.717) is 21.9 Å². The molecule has 9 rings (SSSR count). The molecule has 8 aromatic carbocycles. The van der Waals surface area contributed by atoms with Gasteiger partial charge in [0.1, 0.15) is 11.2 Å². The topological polar surface area (TPSA) is 13.1 Å². The molecular weight excluding hydrogens is 520 g/mol. The van der Waals surface area contributed by atoms with Gasteiger partial charge in [-0.25, -0.2) is 0 Å². The second kappa shape index (κ2) is 9.44. The summed E-state index contributed by atoms with van der Waals surface area (Å²) in [6.45, 7) is 0. The summed E-state index contributed by atoms with van der Waals surface area (Å²) in [6, 6.07) is 28.8. The van der Waals surface area contributed by atoms with Gasteiger partial charge in [-0.15, -0.1) is 0 Å². The van der Waals surface area contributed by atoms with Crippen molar-refractivity contribution in [3.05, 3.63) is 158 Å². The SMILES string of the molecule is [2H]c1c([2H])c([2H])c(-c2c([2H])c([2H])c([2H])c([2H])c2-c2c3ccccc3c(-c3cccc4c3oc3ccc5ccccc5c34)c3ccccc23)c([2H])c1[2H]. The van der Waals surface area contributed by atoms with Crippen LogP contribution in [0.25, 0.3) is 87.6 Å². The summed E-state index contributed by atoms with van der Waals surface area (Å²) in [5.41, 5.74) is 3.25. The van der Waals surface area contributed by atoms with Crippen LogP contribution in [0.5, 0.6) is 0 Å². The van der Waals surface area contributed by atoms with Gasteiger partial charge in [0.15, 0.2) is 0 Å². The van der Waals surface area contributed by atoms with Crippen LogP contribution in [0.3, 0.4) is 0 Å². The Kier molecular flexibility index (Phi) is 3.67. The number of furan rings is 1. The van der Waals surface area contributed by atoms with Gasteiger partial charge in [-0.1, -0.05) is 151 Å². The van der Waals surface area contributed by atoms with E-state index >= 15 is 0 Å². The van der Waals surface area contributed by atoms with E-state index in [1.165, 1.54) is 0 Å². The van der Waals surface area contributed by atoms with Crippen molar-refractivity contribution >= 4 is 54.3 Å². The molecule has 1 aromatic heterocycles. The number of hydrogen-bond donors (Lipinski definition) is 0. The maximum atomic E-state index is 9.30. The van der Waals surface area contributed by atoms with Crippen LogP contribution in [0, 0.1) is 0 Å². The summed E-state index contributed by atoms with van der Waals surface area (Å²) < 4.78 is 85.1. The van der Waals surface area contributed by atoms with E-state index in [-0.39, 0.29) is 22.7 Å². The Hall–Kier alpha value is -5.66. The van der Waals surface area contributed by atoms with Gasteiger partial charge in [0.05, 0.1) is 12.3 Å². The second-order valence-electron chi connectivity index (χ2n) is 10.5. The minimum atomic E-state index is -0.592. The highest BCUT2D eigenvalue weighted by atomic mass is 16.3. The summed E-state index contributed by atoms with van der Waals surface area (Å²) >= 11 is 0. The van der Waals surface area contributed by atoms with Gasteiger partial charge in [-0.05, 0) is 60.6 Å². The van der Waals surface area contributed by atoms with Crippen LogP contribution < -0.4 is 0 Å². The van der Waals surface area contributed by atoms with E-state index in [4.69, 9.17) is 15.4 Å². The Balaban J connectivity index is 1.46. The predicted molar refractivity (Wildman–Crippen MR) is 183 cm³/mol. The van der Waals surface area contributed by atoms with Crippen molar-refractivity contribution in [3.8, 4) is 33.4 Å². The number of para-hydroxylation sites is 1. The van der Waals surface area contributed by atoms with Crippen LogP contribution in [-0.2, 0) is 0 Å². The summed E-state index contributed by atoms with van der Waals surface area (Å²) in [7, 11) is 0. The van der Waals surface area contributed by atoms with E-state index in [1.54, 1.807) is 0 Å². The van der Waals surface area contributed by atoms with Crippen molar-refractivity contribution in [2.24, 2.45) is 0 Å². The van der Waals surface area contributed by atoms with Crippen LogP contribution in [0.4, 0.5) is 0 Å². The molecule has 0 atom stereocenters. The molecule has 1 nitrogen and oxygen atoms in total. The third kappa shape index (κ3) is 3.58. The summed E-state index contributed by atoms with van der Waals surface area (Å²) in [5, 5.41) is 7.06. The monoisotopic (exact) mass is 555 g/mol. The Labute approximate surface area is 261 Å². The number of fused-ring (bicyclic) bond motifs is 7. The zero-order chi connectivity index (χ0) is 36.2. The lowest BCUT2D eigenvalue weighted by Gasteiger charge is -2.19. The highest BCUT2D eigenvalue weighted by molar-refractivity contribution is 6.26. The first-order valence-electron chi connectivity index (χ1n) is 18.5. The molecule has 0 bridgehead atoms. The van der Waals surface area contributed by atoms with Crippen molar-refractivity contribution in [1.82, 2.24) is 0 Å². The fraction of sp³-hybridized carbons (Fsp3) is 0. The average Bonchev–Trinajstić information content (AvgIpc) is 3.57. The predicted octanol–water partition coefficient (Wildman–Crippen LogP) is 12.0. The van der Waals surface area contributed by atoms with E-state index in [2.05, 4.69) is 18.2 Å². The summed E-state index contributed by atoms with van der Waals surface area (Å²) in [6.07, 6.45) is 0. The van der Waals surface area contributed by atoms with E-state index in [0.717, 1.165) is 49.0 Å². The summed E-state index contributed by atoms with van der Waals surface area (Å²) in [4.78, 5) is 0. The molecule has 0 aliphatic carbocycles. The van der Waals surface area contributed by atoms with Crippen molar-refractivity contribution < 1.29 is 16.8 Å². The molecule has 0 spiro atoms. The maximum absolute atomic E-state index is 9.30. The lowest BCUT2D eigenvalue weighted by molar-refractivity contribution is 0.670. The summed E-state index contributed by atoms with van der Waals surface area (Å²) in [5.74, 6) is 0. The van der Waals surface area contributed by atoms with Crippen molar-refractivity contribution in [1.29, 1.82) is 0 Å². The number of rotatable bonds is 3. The third-order valence-corrected chi connectivity index (χ3v) is 8.28.